The van der Waals surface area contributed by atoms with Gasteiger partial charge >= 0.3 is 0 Å². The maximum absolute atomic E-state index is 13.1. The molecule has 2 amide bonds. The summed E-state index contributed by atoms with van der Waals surface area (Å²) >= 11 is 6.65. The molecule has 132 valence electrons. The van der Waals surface area contributed by atoms with Crippen LogP contribution in [0.2, 0.25) is 0 Å². The number of rotatable bonds is 5. The van der Waals surface area contributed by atoms with Gasteiger partial charge in [0.1, 0.15) is 4.32 Å². The third-order valence-electron chi connectivity index (χ3n) is 4.28. The van der Waals surface area contributed by atoms with Crippen molar-refractivity contribution in [3.63, 3.8) is 0 Å². The van der Waals surface area contributed by atoms with Gasteiger partial charge < -0.3 is 4.90 Å². The maximum atomic E-state index is 13.1. The molecule has 2 heterocycles. The Morgan fingerprint density at radius 3 is 2.52 bits per heavy atom. The molecule has 0 radical (unpaired) electrons. The number of unbranched alkanes of at least 4 members (excludes halogenated alkanes) is 1. The third-order valence-corrected chi connectivity index (χ3v) is 5.73. The number of hydrogen-bond acceptors (Lipinski definition) is 4. The molecule has 1 aromatic carbocycles. The number of fused-ring (bicyclic) bond motifs is 1. The number of benzene rings is 1. The van der Waals surface area contributed by atoms with Gasteiger partial charge in [0.15, 0.2) is 0 Å². The highest BCUT2D eigenvalue weighted by Gasteiger charge is 2.41. The van der Waals surface area contributed by atoms with E-state index in [1.54, 1.807) is 9.80 Å². The van der Waals surface area contributed by atoms with Crippen molar-refractivity contribution in [2.24, 2.45) is 5.92 Å². The van der Waals surface area contributed by atoms with Gasteiger partial charge in [-0.1, -0.05) is 69.4 Å². The average Bonchev–Trinajstić information content (AvgIpc) is 3.00. The van der Waals surface area contributed by atoms with Crippen molar-refractivity contribution in [2.45, 2.75) is 33.6 Å². The summed E-state index contributed by atoms with van der Waals surface area (Å²) in [5.41, 5.74) is 2.24. The number of para-hydroxylation sites is 1. The Bertz CT molecular complexity index is 770. The minimum atomic E-state index is -0.140. The van der Waals surface area contributed by atoms with Crippen LogP contribution >= 0.6 is 24.0 Å². The Morgan fingerprint density at radius 1 is 1.12 bits per heavy atom. The van der Waals surface area contributed by atoms with E-state index in [0.717, 1.165) is 24.1 Å². The van der Waals surface area contributed by atoms with Crippen LogP contribution in [-0.2, 0) is 9.59 Å². The number of carbonyl (C=O) groups excluding carboxylic acids is 2. The number of thioether (sulfide) groups is 1. The van der Waals surface area contributed by atoms with Crippen LogP contribution < -0.4 is 4.90 Å². The topological polar surface area (TPSA) is 40.6 Å². The number of anilines is 1. The normalized spacial score (nSPS) is 20.2. The van der Waals surface area contributed by atoms with E-state index in [2.05, 4.69) is 6.92 Å². The largest absolute Gasteiger partial charge is 0.308 e. The standard InChI is InChI=1S/C19H22N2O2S2/c1-4-5-10-20-14-9-7-6-8-13(14)15(17(20)22)16-18(23)21(11-12(2)3)19(24)25-16/h6-9,12H,4-5,10-11H2,1-3H3/b16-15-. The van der Waals surface area contributed by atoms with Gasteiger partial charge in [-0.05, 0) is 18.4 Å². The highest BCUT2D eigenvalue weighted by molar-refractivity contribution is 8.26. The van der Waals surface area contributed by atoms with Crippen LogP contribution in [0, 0.1) is 5.92 Å². The SMILES string of the molecule is CCCCN1C(=O)/C(=C2\SC(=S)N(CC(C)C)C2=O)c2ccccc21. The molecule has 0 bridgehead atoms. The Labute approximate surface area is 158 Å². The second-order valence-electron chi connectivity index (χ2n) is 6.71. The summed E-state index contributed by atoms with van der Waals surface area (Å²) in [6, 6.07) is 7.70. The number of thiocarbonyl (C=S) groups is 1. The van der Waals surface area contributed by atoms with Crippen molar-refractivity contribution in [2.75, 3.05) is 18.0 Å². The van der Waals surface area contributed by atoms with E-state index in [-0.39, 0.29) is 11.8 Å². The first-order chi connectivity index (χ1) is 12.0. The number of nitrogens with zero attached hydrogens (tertiary/aromatic N) is 2. The van der Waals surface area contributed by atoms with E-state index in [1.165, 1.54) is 11.8 Å². The zero-order valence-electron chi connectivity index (χ0n) is 14.7. The lowest BCUT2D eigenvalue weighted by atomic mass is 10.1. The van der Waals surface area contributed by atoms with Crippen LogP contribution in [0.3, 0.4) is 0 Å². The Morgan fingerprint density at radius 2 is 1.84 bits per heavy atom. The lowest BCUT2D eigenvalue weighted by Gasteiger charge is -2.17. The second-order valence-corrected chi connectivity index (χ2v) is 8.35. The summed E-state index contributed by atoms with van der Waals surface area (Å²) in [5.74, 6) is 0.0957. The fraction of sp³-hybridized carbons (Fsp3) is 0.421. The predicted octanol–water partition coefficient (Wildman–Crippen LogP) is 4.06. The molecular weight excluding hydrogens is 352 g/mol. The molecule has 0 saturated carbocycles. The van der Waals surface area contributed by atoms with Gasteiger partial charge in [-0.15, -0.1) is 0 Å². The fourth-order valence-corrected chi connectivity index (χ4v) is 4.46. The number of hydrogen-bond donors (Lipinski definition) is 0. The third kappa shape index (κ3) is 3.25. The summed E-state index contributed by atoms with van der Waals surface area (Å²) in [6.45, 7) is 7.45. The van der Waals surface area contributed by atoms with E-state index in [0.29, 0.717) is 33.8 Å². The molecule has 1 saturated heterocycles. The number of carbonyl (C=O) groups is 2. The van der Waals surface area contributed by atoms with Gasteiger partial charge in [0.05, 0.1) is 16.2 Å². The molecule has 0 aromatic heterocycles. The van der Waals surface area contributed by atoms with Crippen LogP contribution in [-0.4, -0.2) is 34.1 Å². The van der Waals surface area contributed by atoms with E-state index < -0.39 is 0 Å². The minimum Gasteiger partial charge on any atom is -0.308 e. The van der Waals surface area contributed by atoms with Gasteiger partial charge in [-0.2, -0.15) is 0 Å². The van der Waals surface area contributed by atoms with Crippen molar-refractivity contribution < 1.29 is 9.59 Å². The first kappa shape index (κ1) is 18.1. The molecule has 0 aliphatic carbocycles. The molecule has 1 aromatic rings. The van der Waals surface area contributed by atoms with E-state index in [4.69, 9.17) is 12.2 Å². The van der Waals surface area contributed by atoms with Crippen molar-refractivity contribution in [3.8, 4) is 0 Å². The quantitative estimate of drug-likeness (QED) is 0.576. The Hall–Kier alpha value is -1.66. The monoisotopic (exact) mass is 374 g/mol. The molecule has 2 aliphatic rings. The van der Waals surface area contributed by atoms with Crippen molar-refractivity contribution in [1.29, 1.82) is 0 Å². The molecule has 1 fully saturated rings. The number of amides is 2. The molecular formula is C19H22N2O2S2. The summed E-state index contributed by atoms with van der Waals surface area (Å²) in [4.78, 5) is 29.9. The summed E-state index contributed by atoms with van der Waals surface area (Å²) in [5, 5.41) is 0. The van der Waals surface area contributed by atoms with Crippen LogP contribution in [0.25, 0.3) is 5.57 Å². The van der Waals surface area contributed by atoms with Crippen LogP contribution in [0.1, 0.15) is 39.2 Å². The van der Waals surface area contributed by atoms with Crippen LogP contribution in [0.15, 0.2) is 29.2 Å². The van der Waals surface area contributed by atoms with Crippen LogP contribution in [0.4, 0.5) is 5.69 Å². The van der Waals surface area contributed by atoms with Crippen molar-refractivity contribution in [1.82, 2.24) is 4.90 Å². The highest BCUT2D eigenvalue weighted by atomic mass is 32.2. The summed E-state index contributed by atoms with van der Waals surface area (Å²) < 4.78 is 0.540. The molecule has 6 heteroatoms. The first-order valence-corrected chi connectivity index (χ1v) is 9.87. The van der Waals surface area contributed by atoms with Gasteiger partial charge in [0, 0.05) is 18.7 Å². The molecule has 0 atom stereocenters. The predicted molar refractivity (Wildman–Crippen MR) is 107 cm³/mol. The lowest BCUT2D eigenvalue weighted by molar-refractivity contribution is -0.122. The van der Waals surface area contributed by atoms with Gasteiger partial charge in [0.2, 0.25) is 0 Å². The summed E-state index contributed by atoms with van der Waals surface area (Å²) in [7, 11) is 0. The first-order valence-electron chi connectivity index (χ1n) is 8.64. The Kier molecular flexibility index (Phi) is 5.29. The molecule has 4 nitrogen and oxygen atoms in total. The summed E-state index contributed by atoms with van der Waals surface area (Å²) in [6.07, 6.45) is 1.94. The van der Waals surface area contributed by atoms with E-state index in [1.807, 2.05) is 38.1 Å². The van der Waals surface area contributed by atoms with E-state index in [9.17, 15) is 9.59 Å². The molecule has 2 aliphatic heterocycles. The maximum Gasteiger partial charge on any atom is 0.267 e. The Balaban J connectivity index is 2.04. The van der Waals surface area contributed by atoms with Gasteiger partial charge in [-0.3, -0.25) is 14.5 Å². The molecule has 0 unspecified atom stereocenters. The molecule has 0 N–H and O–H groups in total. The minimum absolute atomic E-state index is 0.0836. The molecule has 0 spiro atoms. The van der Waals surface area contributed by atoms with Crippen molar-refractivity contribution in [3.05, 3.63) is 34.7 Å². The highest BCUT2D eigenvalue weighted by Crippen LogP contribution is 2.44. The smallest absolute Gasteiger partial charge is 0.267 e. The lowest BCUT2D eigenvalue weighted by Crippen LogP contribution is -2.32. The van der Waals surface area contributed by atoms with Crippen molar-refractivity contribution >= 4 is 51.4 Å². The zero-order valence-corrected chi connectivity index (χ0v) is 16.4. The van der Waals surface area contributed by atoms with Crippen LogP contribution in [0.5, 0.6) is 0 Å². The molecule has 3 rings (SSSR count). The van der Waals surface area contributed by atoms with Gasteiger partial charge in [0.25, 0.3) is 11.8 Å². The van der Waals surface area contributed by atoms with E-state index >= 15 is 0 Å². The zero-order chi connectivity index (χ0) is 18.1. The fourth-order valence-electron chi connectivity index (χ4n) is 3.11. The second kappa shape index (κ2) is 7.30. The van der Waals surface area contributed by atoms with Gasteiger partial charge in [-0.25, -0.2) is 0 Å². The molecule has 25 heavy (non-hydrogen) atoms. The average molecular weight is 375 g/mol.